The Bertz CT molecular complexity index is 1950. The second kappa shape index (κ2) is 9.86. The Kier molecular flexibility index (Phi) is 6.30. The van der Waals surface area contributed by atoms with Crippen molar-refractivity contribution >= 4 is 45.1 Å². The lowest BCUT2D eigenvalue weighted by Crippen LogP contribution is -2.37. The molecule has 0 spiro atoms. The minimum atomic E-state index is -4.57. The molecule has 2 amide bonds. The number of aromatic nitrogens is 3. The first kappa shape index (κ1) is 26.2. The van der Waals surface area contributed by atoms with E-state index in [1.54, 1.807) is 55.6 Å². The van der Waals surface area contributed by atoms with Crippen LogP contribution in [0.2, 0.25) is 0 Å². The minimum absolute atomic E-state index is 0.0611. The SMILES string of the molecule is COc1ccc(-c2nc3sc(=C4C(=O)N(CC(=O)Nc5cccc(C(F)(F)F)c5)c5ccccc54)c(=O)n3n2)cc1. The van der Waals surface area contributed by atoms with E-state index in [9.17, 15) is 27.6 Å². The number of ether oxygens (including phenoxy) is 1. The van der Waals surface area contributed by atoms with Gasteiger partial charge in [-0.1, -0.05) is 35.6 Å². The predicted molar refractivity (Wildman–Crippen MR) is 146 cm³/mol. The number of nitrogens with one attached hydrogen (secondary N) is 1. The lowest BCUT2D eigenvalue weighted by atomic mass is 10.1. The fourth-order valence-electron chi connectivity index (χ4n) is 4.52. The van der Waals surface area contributed by atoms with Crippen molar-refractivity contribution in [1.29, 1.82) is 0 Å². The Labute approximate surface area is 233 Å². The van der Waals surface area contributed by atoms with Gasteiger partial charge in [-0.15, -0.1) is 5.10 Å². The average Bonchev–Trinajstić information content (AvgIpc) is 3.59. The van der Waals surface area contributed by atoms with Crippen molar-refractivity contribution < 1.29 is 27.5 Å². The summed E-state index contributed by atoms with van der Waals surface area (Å²) in [5, 5.41) is 6.74. The zero-order chi connectivity index (χ0) is 28.9. The van der Waals surface area contributed by atoms with Gasteiger partial charge < -0.3 is 10.1 Å². The average molecular weight is 578 g/mol. The van der Waals surface area contributed by atoms with Crippen LogP contribution in [-0.4, -0.2) is 40.1 Å². The number of thiazole rings is 1. The number of para-hydroxylation sites is 1. The number of nitrogens with zero attached hydrogens (tertiary/aromatic N) is 4. The number of alkyl halides is 3. The number of carbonyl (C=O) groups excluding carboxylic acids is 2. The lowest BCUT2D eigenvalue weighted by Gasteiger charge is -2.17. The molecule has 0 saturated carbocycles. The molecule has 0 atom stereocenters. The number of carbonyl (C=O) groups is 2. The molecular formula is C28H18F3N5O4S. The van der Waals surface area contributed by atoms with Gasteiger partial charge in [0.2, 0.25) is 10.9 Å². The maximum absolute atomic E-state index is 13.6. The molecule has 6 rings (SSSR count). The predicted octanol–water partition coefficient (Wildman–Crippen LogP) is 3.75. The highest BCUT2D eigenvalue weighted by atomic mass is 32.1. The van der Waals surface area contributed by atoms with Crippen molar-refractivity contribution in [3.05, 3.63) is 98.8 Å². The van der Waals surface area contributed by atoms with Gasteiger partial charge in [0.25, 0.3) is 11.5 Å². The van der Waals surface area contributed by atoms with Crippen LogP contribution in [0.5, 0.6) is 5.75 Å². The molecule has 1 aliphatic rings. The monoisotopic (exact) mass is 577 g/mol. The molecule has 9 nitrogen and oxygen atoms in total. The Balaban J connectivity index is 1.33. The van der Waals surface area contributed by atoms with E-state index in [2.05, 4.69) is 15.4 Å². The van der Waals surface area contributed by atoms with Crippen LogP contribution >= 0.6 is 11.3 Å². The Morgan fingerprint density at radius 2 is 1.78 bits per heavy atom. The number of hydrogen-bond donors (Lipinski definition) is 1. The van der Waals surface area contributed by atoms with Crippen molar-refractivity contribution in [2.45, 2.75) is 6.18 Å². The van der Waals surface area contributed by atoms with Crippen LogP contribution in [0.3, 0.4) is 0 Å². The summed E-state index contributed by atoms with van der Waals surface area (Å²) in [6, 6.07) is 17.9. The summed E-state index contributed by atoms with van der Waals surface area (Å²) in [6.07, 6.45) is -4.57. The van der Waals surface area contributed by atoms with Crippen LogP contribution in [0.1, 0.15) is 11.1 Å². The zero-order valence-electron chi connectivity index (χ0n) is 21.1. The summed E-state index contributed by atoms with van der Waals surface area (Å²) in [7, 11) is 1.55. The lowest BCUT2D eigenvalue weighted by molar-refractivity contribution is -0.137. The standard InChI is InChI=1S/C28H18F3N5O4S/c1-40-18-11-9-15(10-12-18)24-33-27-36(34-24)26(39)23(41-27)22-19-7-2-3-8-20(19)35(25(22)38)14-21(37)32-17-6-4-5-16(13-17)28(29,30)31/h2-13H,14H2,1H3,(H,32,37). The molecule has 1 N–H and O–H groups in total. The van der Waals surface area contributed by atoms with Gasteiger partial charge >= 0.3 is 6.18 Å². The number of benzene rings is 3. The van der Waals surface area contributed by atoms with E-state index >= 15 is 0 Å². The highest BCUT2D eigenvalue weighted by Gasteiger charge is 2.36. The second-order valence-electron chi connectivity index (χ2n) is 9.00. The first-order valence-corrected chi connectivity index (χ1v) is 12.9. The van der Waals surface area contributed by atoms with E-state index in [1.807, 2.05) is 0 Å². The van der Waals surface area contributed by atoms with Gasteiger partial charge in [-0.2, -0.15) is 22.7 Å². The third kappa shape index (κ3) is 4.69. The first-order chi connectivity index (χ1) is 19.6. The fraction of sp³-hybridized carbons (Fsp3) is 0.107. The van der Waals surface area contributed by atoms with Crippen LogP contribution in [0, 0.1) is 0 Å². The minimum Gasteiger partial charge on any atom is -0.497 e. The fourth-order valence-corrected chi connectivity index (χ4v) is 5.52. The molecule has 0 aliphatic carbocycles. The Hall–Kier alpha value is -5.04. The van der Waals surface area contributed by atoms with Crippen molar-refractivity contribution in [2.75, 3.05) is 23.9 Å². The summed E-state index contributed by atoms with van der Waals surface area (Å²) in [5.41, 5.74) is 0.101. The molecule has 1 aliphatic heterocycles. The highest BCUT2D eigenvalue weighted by Crippen LogP contribution is 2.35. The summed E-state index contributed by atoms with van der Waals surface area (Å²) < 4.78 is 45.6. The summed E-state index contributed by atoms with van der Waals surface area (Å²) in [6.45, 7) is -0.480. The van der Waals surface area contributed by atoms with E-state index in [1.165, 1.54) is 17.0 Å². The van der Waals surface area contributed by atoms with Crippen LogP contribution in [0.25, 0.3) is 21.9 Å². The van der Waals surface area contributed by atoms with E-state index in [-0.39, 0.29) is 20.8 Å². The normalized spacial score (nSPS) is 14.4. The van der Waals surface area contributed by atoms with Crippen molar-refractivity contribution in [1.82, 2.24) is 14.6 Å². The van der Waals surface area contributed by atoms with E-state index in [0.717, 1.165) is 28.0 Å². The van der Waals surface area contributed by atoms with Gasteiger partial charge in [0.05, 0.1) is 23.9 Å². The molecular weight excluding hydrogens is 559 g/mol. The molecule has 5 aromatic rings. The third-order valence-electron chi connectivity index (χ3n) is 6.43. The smallest absolute Gasteiger partial charge is 0.416 e. The van der Waals surface area contributed by atoms with Crippen molar-refractivity contribution in [3.8, 4) is 17.1 Å². The van der Waals surface area contributed by atoms with E-state index < -0.39 is 35.7 Å². The molecule has 41 heavy (non-hydrogen) atoms. The Morgan fingerprint density at radius 3 is 2.49 bits per heavy atom. The maximum atomic E-state index is 13.6. The second-order valence-corrected chi connectivity index (χ2v) is 9.98. The number of rotatable bonds is 5. The van der Waals surface area contributed by atoms with Crippen LogP contribution in [0.15, 0.2) is 77.6 Å². The topological polar surface area (TPSA) is 106 Å². The number of hydrogen-bond acceptors (Lipinski definition) is 7. The number of methoxy groups -OCH3 is 1. The molecule has 0 fully saturated rings. The molecule has 3 aromatic carbocycles. The van der Waals surface area contributed by atoms with Crippen LogP contribution in [-0.2, 0) is 15.8 Å². The quantitative estimate of drug-likeness (QED) is 0.341. The van der Waals surface area contributed by atoms with Crippen molar-refractivity contribution in [2.24, 2.45) is 0 Å². The number of amides is 2. The Morgan fingerprint density at radius 1 is 1.02 bits per heavy atom. The molecule has 2 aromatic heterocycles. The van der Waals surface area contributed by atoms with Gasteiger partial charge in [-0.05, 0) is 48.5 Å². The summed E-state index contributed by atoms with van der Waals surface area (Å²) in [4.78, 5) is 45.7. The maximum Gasteiger partial charge on any atom is 0.416 e. The molecule has 0 saturated heterocycles. The van der Waals surface area contributed by atoms with Crippen LogP contribution in [0.4, 0.5) is 24.5 Å². The van der Waals surface area contributed by atoms with Gasteiger partial charge in [-0.25, -0.2) is 0 Å². The van der Waals surface area contributed by atoms with Gasteiger partial charge in [0.1, 0.15) is 16.8 Å². The molecule has 13 heteroatoms. The molecule has 3 heterocycles. The largest absolute Gasteiger partial charge is 0.497 e. The van der Waals surface area contributed by atoms with E-state index in [0.29, 0.717) is 28.4 Å². The van der Waals surface area contributed by atoms with E-state index in [4.69, 9.17) is 4.74 Å². The van der Waals surface area contributed by atoms with Gasteiger partial charge in [0.15, 0.2) is 5.82 Å². The number of fused-ring (bicyclic) bond motifs is 2. The summed E-state index contributed by atoms with van der Waals surface area (Å²) in [5.74, 6) is -0.312. The highest BCUT2D eigenvalue weighted by molar-refractivity contribution is 7.15. The molecule has 0 radical (unpaired) electrons. The third-order valence-corrected chi connectivity index (χ3v) is 7.46. The van der Waals surface area contributed by atoms with Crippen molar-refractivity contribution in [3.63, 3.8) is 0 Å². The first-order valence-electron chi connectivity index (χ1n) is 12.1. The van der Waals surface area contributed by atoms with Gasteiger partial charge in [-0.3, -0.25) is 19.3 Å². The van der Waals surface area contributed by atoms with Crippen LogP contribution < -0.4 is 25.0 Å². The number of anilines is 2. The molecule has 0 unspecified atom stereocenters. The molecule has 206 valence electrons. The summed E-state index contributed by atoms with van der Waals surface area (Å²) >= 11 is 1.000. The zero-order valence-corrected chi connectivity index (χ0v) is 21.9. The van der Waals surface area contributed by atoms with Gasteiger partial charge in [0, 0.05) is 16.8 Å². The number of halogens is 3. The molecule has 0 bridgehead atoms.